The molecule has 1 saturated carbocycles. The lowest BCUT2D eigenvalue weighted by Crippen LogP contribution is -2.43. The van der Waals surface area contributed by atoms with Gasteiger partial charge in [-0.2, -0.15) is 0 Å². The van der Waals surface area contributed by atoms with Gasteiger partial charge in [0.05, 0.1) is 12.1 Å². The highest BCUT2D eigenvalue weighted by atomic mass is 32.1. The quantitative estimate of drug-likeness (QED) is 0.341. The third-order valence-corrected chi connectivity index (χ3v) is 4.50. The van der Waals surface area contributed by atoms with Gasteiger partial charge in [-0.25, -0.2) is 10.8 Å². The molecule has 1 aliphatic rings. The van der Waals surface area contributed by atoms with Crippen LogP contribution in [0.4, 0.5) is 0 Å². The highest BCUT2D eigenvalue weighted by Gasteiger charge is 2.16. The first-order valence-corrected chi connectivity index (χ1v) is 7.38. The van der Waals surface area contributed by atoms with Gasteiger partial charge in [-0.1, -0.05) is 12.8 Å². The molecule has 4 nitrogen and oxygen atoms in total. The van der Waals surface area contributed by atoms with E-state index in [2.05, 4.69) is 41.7 Å². The van der Waals surface area contributed by atoms with Crippen molar-refractivity contribution in [1.29, 1.82) is 0 Å². The summed E-state index contributed by atoms with van der Waals surface area (Å²) in [6.07, 6.45) is 4.93. The molecule has 5 heteroatoms. The summed E-state index contributed by atoms with van der Waals surface area (Å²) in [5.74, 6) is 6.25. The maximum atomic E-state index is 5.54. The van der Waals surface area contributed by atoms with Crippen LogP contribution in [0.1, 0.15) is 48.4 Å². The molecule has 100 valence electrons. The molecule has 1 heterocycles. The van der Waals surface area contributed by atoms with E-state index in [0.29, 0.717) is 12.0 Å². The molecule has 1 fully saturated rings. The number of aliphatic imine (C=N–C) groups is 1. The molecule has 2 rings (SSSR count). The number of aryl methyl sites for hydroxylation is 1. The van der Waals surface area contributed by atoms with E-state index < -0.39 is 0 Å². The molecule has 0 aromatic carbocycles. The molecule has 0 aliphatic heterocycles. The first-order chi connectivity index (χ1) is 8.69. The fourth-order valence-corrected chi connectivity index (χ4v) is 3.17. The van der Waals surface area contributed by atoms with Gasteiger partial charge >= 0.3 is 0 Å². The van der Waals surface area contributed by atoms with E-state index in [0.717, 1.165) is 0 Å². The normalized spacial score (nSPS) is 18.9. The number of hydrogen-bond donors (Lipinski definition) is 3. The minimum absolute atomic E-state index is 0.236. The van der Waals surface area contributed by atoms with Crippen molar-refractivity contribution in [3.8, 4) is 0 Å². The number of hydrazine groups is 1. The van der Waals surface area contributed by atoms with E-state index in [4.69, 9.17) is 5.84 Å². The van der Waals surface area contributed by atoms with Gasteiger partial charge in [0.2, 0.25) is 5.96 Å². The van der Waals surface area contributed by atoms with E-state index in [1.54, 1.807) is 11.3 Å². The van der Waals surface area contributed by atoms with E-state index in [1.165, 1.54) is 35.4 Å². The predicted molar refractivity (Wildman–Crippen MR) is 77.6 cm³/mol. The fourth-order valence-electron chi connectivity index (χ4n) is 2.29. The molecule has 1 atom stereocenters. The topological polar surface area (TPSA) is 62.4 Å². The fraction of sp³-hybridized carbons (Fsp3) is 0.615. The minimum atomic E-state index is 0.236. The predicted octanol–water partition coefficient (Wildman–Crippen LogP) is 2.47. The molecule has 18 heavy (non-hydrogen) atoms. The Morgan fingerprint density at radius 2 is 2.17 bits per heavy atom. The monoisotopic (exact) mass is 266 g/mol. The summed E-state index contributed by atoms with van der Waals surface area (Å²) in [7, 11) is 0. The molecule has 1 aliphatic carbocycles. The van der Waals surface area contributed by atoms with Crippen LogP contribution >= 0.6 is 11.3 Å². The molecule has 0 amide bonds. The van der Waals surface area contributed by atoms with Gasteiger partial charge in [0.25, 0.3) is 0 Å². The summed E-state index contributed by atoms with van der Waals surface area (Å²) in [4.78, 5) is 7.28. The smallest absolute Gasteiger partial charge is 0.206 e. The molecular formula is C13H22N4S. The van der Waals surface area contributed by atoms with Crippen LogP contribution < -0.4 is 16.6 Å². The molecular weight excluding hydrogens is 244 g/mol. The lowest BCUT2D eigenvalue weighted by molar-refractivity contribution is 0.658. The van der Waals surface area contributed by atoms with E-state index >= 15 is 0 Å². The largest absolute Gasteiger partial charge is 0.348 e. The summed E-state index contributed by atoms with van der Waals surface area (Å²) >= 11 is 1.80. The zero-order valence-electron chi connectivity index (χ0n) is 11.1. The first kappa shape index (κ1) is 13.4. The Morgan fingerprint density at radius 3 is 2.72 bits per heavy atom. The average molecular weight is 266 g/mol. The van der Waals surface area contributed by atoms with Crippen molar-refractivity contribution in [2.75, 3.05) is 0 Å². The Bertz CT molecular complexity index is 407. The number of hydrogen-bond acceptors (Lipinski definition) is 3. The highest BCUT2D eigenvalue weighted by molar-refractivity contribution is 7.12. The Hall–Kier alpha value is -1.07. The molecule has 0 saturated heterocycles. The maximum Gasteiger partial charge on any atom is 0.206 e. The second-order valence-corrected chi connectivity index (χ2v) is 6.19. The summed E-state index contributed by atoms with van der Waals surface area (Å²) in [6, 6.07) is 4.96. The van der Waals surface area contributed by atoms with Crippen molar-refractivity contribution in [2.45, 2.75) is 51.6 Å². The number of nitrogens with one attached hydrogen (secondary N) is 2. The molecule has 0 spiro atoms. The van der Waals surface area contributed by atoms with Crippen molar-refractivity contribution < 1.29 is 0 Å². The molecule has 0 bridgehead atoms. The third-order valence-electron chi connectivity index (χ3n) is 3.31. The molecule has 1 aromatic heterocycles. The Labute approximate surface area is 113 Å². The van der Waals surface area contributed by atoms with Crippen LogP contribution in [-0.4, -0.2) is 12.0 Å². The minimum Gasteiger partial charge on any atom is -0.348 e. The number of thiophene rings is 1. The second-order valence-electron chi connectivity index (χ2n) is 4.87. The second kappa shape index (κ2) is 6.20. The lowest BCUT2D eigenvalue weighted by Gasteiger charge is -2.16. The van der Waals surface area contributed by atoms with Gasteiger partial charge < -0.3 is 5.32 Å². The van der Waals surface area contributed by atoms with Gasteiger partial charge in [-0.3, -0.25) is 5.43 Å². The van der Waals surface area contributed by atoms with Crippen LogP contribution in [-0.2, 0) is 0 Å². The summed E-state index contributed by atoms with van der Waals surface area (Å²) in [6.45, 7) is 4.25. The molecule has 0 radical (unpaired) electrons. The summed E-state index contributed by atoms with van der Waals surface area (Å²) in [5.41, 5.74) is 2.68. The first-order valence-electron chi connectivity index (χ1n) is 6.56. The Morgan fingerprint density at radius 1 is 1.44 bits per heavy atom. The lowest BCUT2D eigenvalue weighted by atomic mass is 10.2. The van der Waals surface area contributed by atoms with Gasteiger partial charge in [-0.15, -0.1) is 11.3 Å². The van der Waals surface area contributed by atoms with Crippen molar-refractivity contribution in [3.05, 3.63) is 21.9 Å². The van der Waals surface area contributed by atoms with E-state index in [1.807, 2.05) is 0 Å². The van der Waals surface area contributed by atoms with Gasteiger partial charge in [0.1, 0.15) is 0 Å². The van der Waals surface area contributed by atoms with Crippen LogP contribution in [0.3, 0.4) is 0 Å². The zero-order chi connectivity index (χ0) is 13.0. The van der Waals surface area contributed by atoms with Gasteiger partial charge in [0.15, 0.2) is 0 Å². The van der Waals surface area contributed by atoms with Gasteiger partial charge in [0, 0.05) is 9.75 Å². The standard InChI is InChI=1S/C13H22N4S/c1-9-7-8-12(18-9)10(2)15-13(17-14)16-11-5-3-4-6-11/h7-8,10-11H,3-6,14H2,1-2H3,(H2,15,16,17). The average Bonchev–Trinajstić information content (AvgIpc) is 2.99. The van der Waals surface area contributed by atoms with Gasteiger partial charge in [-0.05, 0) is 38.8 Å². The molecule has 4 N–H and O–H groups in total. The van der Waals surface area contributed by atoms with E-state index in [-0.39, 0.29) is 6.04 Å². The van der Waals surface area contributed by atoms with Crippen molar-refractivity contribution >= 4 is 17.3 Å². The highest BCUT2D eigenvalue weighted by Crippen LogP contribution is 2.23. The Kier molecular flexibility index (Phi) is 4.60. The number of nitrogens with zero attached hydrogens (tertiary/aromatic N) is 1. The SMILES string of the molecule is Cc1ccc(C(C)NC(=NC2CCCC2)NN)s1. The Balaban J connectivity index is 1.97. The van der Waals surface area contributed by atoms with Crippen LogP contribution in [0, 0.1) is 6.92 Å². The van der Waals surface area contributed by atoms with Crippen molar-refractivity contribution in [1.82, 2.24) is 10.7 Å². The van der Waals surface area contributed by atoms with Crippen LogP contribution in [0.5, 0.6) is 0 Å². The van der Waals surface area contributed by atoms with Crippen LogP contribution in [0.25, 0.3) is 0 Å². The van der Waals surface area contributed by atoms with E-state index in [9.17, 15) is 0 Å². The summed E-state index contributed by atoms with van der Waals surface area (Å²) < 4.78 is 0. The zero-order valence-corrected chi connectivity index (χ0v) is 11.9. The number of nitrogens with two attached hydrogens (primary N) is 1. The number of rotatable bonds is 3. The molecule has 1 aromatic rings. The van der Waals surface area contributed by atoms with Crippen LogP contribution in [0.15, 0.2) is 17.1 Å². The number of guanidine groups is 1. The summed E-state index contributed by atoms with van der Waals surface area (Å²) in [5, 5.41) is 3.35. The van der Waals surface area contributed by atoms with Crippen molar-refractivity contribution in [2.24, 2.45) is 10.8 Å². The van der Waals surface area contributed by atoms with Crippen molar-refractivity contribution in [3.63, 3.8) is 0 Å². The maximum absolute atomic E-state index is 5.54. The van der Waals surface area contributed by atoms with Crippen LogP contribution in [0.2, 0.25) is 0 Å². The third kappa shape index (κ3) is 3.46. The molecule has 1 unspecified atom stereocenters.